The lowest BCUT2D eigenvalue weighted by Gasteiger charge is -2.15. The number of benzene rings is 1. The number of aryl methyl sites for hydroxylation is 1. The monoisotopic (exact) mass is 261 g/mol. The Morgan fingerprint density at radius 2 is 2.26 bits per heavy atom. The zero-order chi connectivity index (χ0) is 13.7. The first-order chi connectivity index (χ1) is 9.13. The van der Waals surface area contributed by atoms with Gasteiger partial charge in [0.1, 0.15) is 0 Å². The molecule has 0 bridgehead atoms. The van der Waals surface area contributed by atoms with Crippen LogP contribution < -0.4 is 5.32 Å². The highest BCUT2D eigenvalue weighted by Gasteiger charge is 2.21. The Labute approximate surface area is 115 Å². The lowest BCUT2D eigenvalue weighted by atomic mass is 10.1. The van der Waals surface area contributed by atoms with E-state index in [2.05, 4.69) is 24.4 Å². The molecule has 1 aliphatic carbocycles. The van der Waals surface area contributed by atoms with E-state index in [0.717, 1.165) is 17.2 Å². The molecule has 0 saturated heterocycles. The lowest BCUT2D eigenvalue weighted by molar-refractivity contribution is -0.136. The Morgan fingerprint density at radius 1 is 1.47 bits per heavy atom. The molecule has 1 aliphatic rings. The highest BCUT2D eigenvalue weighted by molar-refractivity contribution is 5.67. The lowest BCUT2D eigenvalue weighted by Crippen LogP contribution is -2.15. The van der Waals surface area contributed by atoms with Crippen LogP contribution in [0.3, 0.4) is 0 Å². The predicted octanol–water partition coefficient (Wildman–Crippen LogP) is 3.69. The van der Waals surface area contributed by atoms with Crippen LogP contribution in [0.5, 0.6) is 0 Å². The topological polar surface area (TPSA) is 49.3 Å². The maximum atomic E-state index is 10.6. The van der Waals surface area contributed by atoms with Gasteiger partial charge in [-0.1, -0.05) is 25.0 Å². The molecule has 104 valence electrons. The van der Waals surface area contributed by atoms with E-state index in [-0.39, 0.29) is 6.42 Å². The molecule has 0 heterocycles. The molecular formula is C16H23NO2. The van der Waals surface area contributed by atoms with Gasteiger partial charge in [0.05, 0.1) is 0 Å². The number of carboxylic acids is 1. The van der Waals surface area contributed by atoms with Gasteiger partial charge in [0, 0.05) is 18.2 Å². The maximum absolute atomic E-state index is 10.6. The van der Waals surface area contributed by atoms with Gasteiger partial charge in [-0.15, -0.1) is 0 Å². The van der Waals surface area contributed by atoms with Gasteiger partial charge < -0.3 is 10.4 Å². The number of hydrogen-bond donors (Lipinski definition) is 2. The third kappa shape index (κ3) is 5.33. The SMILES string of the molecule is CC(CCC1CC1)Nc1cccc(CCC(=O)O)c1. The minimum absolute atomic E-state index is 0.195. The van der Waals surface area contributed by atoms with Gasteiger partial charge in [0.2, 0.25) is 0 Å². The van der Waals surface area contributed by atoms with Crippen molar-refractivity contribution < 1.29 is 9.90 Å². The van der Waals surface area contributed by atoms with Gasteiger partial charge >= 0.3 is 5.97 Å². The molecule has 0 amide bonds. The van der Waals surface area contributed by atoms with E-state index in [1.54, 1.807) is 0 Å². The van der Waals surface area contributed by atoms with E-state index < -0.39 is 5.97 Å². The second kappa shape index (κ2) is 6.60. The van der Waals surface area contributed by atoms with Gasteiger partial charge in [-0.05, 0) is 49.8 Å². The second-order valence-corrected chi connectivity index (χ2v) is 5.66. The van der Waals surface area contributed by atoms with Crippen molar-refractivity contribution >= 4 is 11.7 Å². The zero-order valence-electron chi connectivity index (χ0n) is 11.6. The van der Waals surface area contributed by atoms with Crippen LogP contribution in [0.15, 0.2) is 24.3 Å². The normalized spacial score (nSPS) is 16.1. The van der Waals surface area contributed by atoms with Gasteiger partial charge in [-0.25, -0.2) is 0 Å². The Kier molecular flexibility index (Phi) is 4.83. The molecule has 19 heavy (non-hydrogen) atoms. The summed E-state index contributed by atoms with van der Waals surface area (Å²) in [5, 5.41) is 12.2. The molecule has 3 heteroatoms. The molecule has 1 aromatic carbocycles. The molecule has 2 rings (SSSR count). The van der Waals surface area contributed by atoms with Crippen molar-refractivity contribution in [3.63, 3.8) is 0 Å². The van der Waals surface area contributed by atoms with E-state index in [1.165, 1.54) is 25.7 Å². The van der Waals surface area contributed by atoms with Crippen LogP contribution in [0.2, 0.25) is 0 Å². The van der Waals surface area contributed by atoms with Crippen molar-refractivity contribution in [2.45, 2.75) is 51.5 Å². The summed E-state index contributed by atoms with van der Waals surface area (Å²) in [5.74, 6) is 0.238. The van der Waals surface area contributed by atoms with Crippen molar-refractivity contribution in [2.75, 3.05) is 5.32 Å². The minimum atomic E-state index is -0.740. The molecule has 1 saturated carbocycles. The second-order valence-electron chi connectivity index (χ2n) is 5.66. The molecule has 0 spiro atoms. The standard InChI is InChI=1S/C16H23NO2/c1-12(5-6-13-7-8-13)17-15-4-2-3-14(11-15)9-10-16(18)19/h2-4,11-13,17H,5-10H2,1H3,(H,18,19). The van der Waals surface area contributed by atoms with E-state index >= 15 is 0 Å². The number of hydrogen-bond acceptors (Lipinski definition) is 2. The van der Waals surface area contributed by atoms with Crippen molar-refractivity contribution in [1.29, 1.82) is 0 Å². The molecule has 0 aliphatic heterocycles. The molecule has 1 unspecified atom stereocenters. The number of nitrogens with one attached hydrogen (secondary N) is 1. The third-order valence-electron chi connectivity index (χ3n) is 3.67. The highest BCUT2D eigenvalue weighted by atomic mass is 16.4. The Morgan fingerprint density at radius 3 is 2.95 bits per heavy atom. The first-order valence-electron chi connectivity index (χ1n) is 7.21. The molecule has 0 aromatic heterocycles. The van der Waals surface area contributed by atoms with Crippen molar-refractivity contribution in [3.8, 4) is 0 Å². The van der Waals surface area contributed by atoms with Gasteiger partial charge in [-0.2, -0.15) is 0 Å². The average molecular weight is 261 g/mol. The first kappa shape index (κ1) is 13.9. The molecule has 1 fully saturated rings. The first-order valence-corrected chi connectivity index (χ1v) is 7.21. The van der Waals surface area contributed by atoms with Crippen molar-refractivity contribution in [3.05, 3.63) is 29.8 Å². The van der Waals surface area contributed by atoms with E-state index in [4.69, 9.17) is 5.11 Å². The van der Waals surface area contributed by atoms with Crippen LogP contribution in [0.4, 0.5) is 5.69 Å². The van der Waals surface area contributed by atoms with Crippen LogP contribution in [0.1, 0.15) is 44.6 Å². The fourth-order valence-electron chi connectivity index (χ4n) is 2.32. The largest absolute Gasteiger partial charge is 0.481 e. The third-order valence-corrected chi connectivity index (χ3v) is 3.67. The summed E-state index contributed by atoms with van der Waals surface area (Å²) in [7, 11) is 0. The highest BCUT2D eigenvalue weighted by Crippen LogP contribution is 2.34. The average Bonchev–Trinajstić information content (AvgIpc) is 3.18. The van der Waals surface area contributed by atoms with E-state index in [9.17, 15) is 4.79 Å². The molecule has 1 atom stereocenters. The van der Waals surface area contributed by atoms with Crippen molar-refractivity contribution in [2.24, 2.45) is 5.92 Å². The molecule has 0 radical (unpaired) electrons. The quantitative estimate of drug-likeness (QED) is 0.750. The number of aliphatic carboxylic acids is 1. The van der Waals surface area contributed by atoms with Gasteiger partial charge in [0.15, 0.2) is 0 Å². The summed E-state index contributed by atoms with van der Waals surface area (Å²) in [6.07, 6.45) is 6.16. The molecule has 1 aromatic rings. The van der Waals surface area contributed by atoms with Crippen LogP contribution >= 0.6 is 0 Å². The number of rotatable bonds is 8. The smallest absolute Gasteiger partial charge is 0.303 e. The van der Waals surface area contributed by atoms with Crippen molar-refractivity contribution in [1.82, 2.24) is 0 Å². The zero-order valence-corrected chi connectivity index (χ0v) is 11.6. The molecular weight excluding hydrogens is 238 g/mol. The van der Waals surface area contributed by atoms with Crippen LogP contribution in [-0.2, 0) is 11.2 Å². The molecule has 2 N–H and O–H groups in total. The minimum Gasteiger partial charge on any atom is -0.481 e. The van der Waals surface area contributed by atoms with Gasteiger partial charge in [0.25, 0.3) is 0 Å². The van der Waals surface area contributed by atoms with E-state index in [1.807, 2.05) is 12.1 Å². The summed E-state index contributed by atoms with van der Waals surface area (Å²) in [4.78, 5) is 10.6. The van der Waals surface area contributed by atoms with Crippen LogP contribution in [-0.4, -0.2) is 17.1 Å². The Balaban J connectivity index is 1.81. The number of carbonyl (C=O) groups is 1. The Hall–Kier alpha value is -1.51. The Bertz CT molecular complexity index is 427. The summed E-state index contributed by atoms with van der Waals surface area (Å²) >= 11 is 0. The fourth-order valence-corrected chi connectivity index (χ4v) is 2.32. The maximum Gasteiger partial charge on any atom is 0.303 e. The van der Waals surface area contributed by atoms with Crippen LogP contribution in [0, 0.1) is 5.92 Å². The van der Waals surface area contributed by atoms with E-state index in [0.29, 0.717) is 12.5 Å². The summed E-state index contributed by atoms with van der Waals surface area (Å²) < 4.78 is 0. The summed E-state index contributed by atoms with van der Waals surface area (Å²) in [5.41, 5.74) is 2.19. The van der Waals surface area contributed by atoms with Gasteiger partial charge in [-0.3, -0.25) is 4.79 Å². The van der Waals surface area contributed by atoms with Crippen LogP contribution in [0.25, 0.3) is 0 Å². The molecule has 3 nitrogen and oxygen atoms in total. The predicted molar refractivity (Wildman–Crippen MR) is 77.4 cm³/mol. The fraction of sp³-hybridized carbons (Fsp3) is 0.562. The summed E-state index contributed by atoms with van der Waals surface area (Å²) in [6.45, 7) is 2.21. The summed E-state index contributed by atoms with van der Waals surface area (Å²) in [6, 6.07) is 8.58. The number of anilines is 1. The number of carboxylic acid groups (broad SMARTS) is 1.